The van der Waals surface area contributed by atoms with E-state index in [1.807, 2.05) is 0 Å². The second-order valence-electron chi connectivity index (χ2n) is 1.63. The Labute approximate surface area is 63.4 Å². The van der Waals surface area contributed by atoms with E-state index in [1.54, 1.807) is 12.1 Å². The van der Waals surface area contributed by atoms with Gasteiger partial charge in [-0.1, -0.05) is 11.6 Å². The molecule has 53 valence electrons. The smallest absolute Gasteiger partial charge is 0.228 e. The zero-order chi connectivity index (χ0) is 7.40. The van der Waals surface area contributed by atoms with Gasteiger partial charge in [0.05, 0.1) is 0 Å². The van der Waals surface area contributed by atoms with Gasteiger partial charge < -0.3 is 4.74 Å². The number of rotatable bonds is 2. The molecule has 0 aliphatic carbocycles. The lowest BCUT2D eigenvalue weighted by atomic mass is 10.3. The van der Waals surface area contributed by atoms with Crippen molar-refractivity contribution in [2.24, 2.45) is 0 Å². The average Bonchev–Trinajstić information content (AvgIpc) is 1.95. The van der Waals surface area contributed by atoms with Gasteiger partial charge in [0.25, 0.3) is 0 Å². The summed E-state index contributed by atoms with van der Waals surface area (Å²) in [5, 5.41) is 0.492. The Kier molecular flexibility index (Phi) is 2.51. The Morgan fingerprint density at radius 2 is 2.40 bits per heavy atom. The molecule has 1 nitrogen and oxygen atoms in total. The molecule has 0 aromatic heterocycles. The SMILES string of the molecule is FCOc1c[c]c(Cl)cc1. The fourth-order valence-corrected chi connectivity index (χ4v) is 0.662. The molecule has 0 amide bonds. The van der Waals surface area contributed by atoms with Crippen molar-refractivity contribution in [1.82, 2.24) is 0 Å². The summed E-state index contributed by atoms with van der Waals surface area (Å²) in [6, 6.07) is 7.32. The molecule has 0 saturated heterocycles. The lowest BCUT2D eigenvalue weighted by molar-refractivity contribution is 0.192. The third kappa shape index (κ3) is 1.88. The molecule has 1 aromatic carbocycles. The predicted molar refractivity (Wildman–Crippen MR) is 36.9 cm³/mol. The van der Waals surface area contributed by atoms with Crippen molar-refractivity contribution in [2.45, 2.75) is 0 Å². The van der Waals surface area contributed by atoms with E-state index in [4.69, 9.17) is 11.6 Å². The van der Waals surface area contributed by atoms with E-state index in [-0.39, 0.29) is 0 Å². The van der Waals surface area contributed by atoms with Crippen LogP contribution in [0.2, 0.25) is 5.02 Å². The summed E-state index contributed by atoms with van der Waals surface area (Å²) in [5.74, 6) is 0.437. The van der Waals surface area contributed by atoms with Gasteiger partial charge in [-0.05, 0) is 18.2 Å². The minimum absolute atomic E-state index is 0.437. The molecule has 1 rings (SSSR count). The lowest BCUT2D eigenvalue weighted by Gasteiger charge is -1.98. The van der Waals surface area contributed by atoms with Crippen LogP contribution in [0.5, 0.6) is 5.75 Å². The maximum atomic E-state index is 11.5. The average molecular weight is 160 g/mol. The highest BCUT2D eigenvalue weighted by molar-refractivity contribution is 6.30. The first-order valence-electron chi connectivity index (χ1n) is 2.69. The van der Waals surface area contributed by atoms with Gasteiger partial charge in [0.15, 0.2) is 0 Å². The van der Waals surface area contributed by atoms with Crippen LogP contribution in [0.4, 0.5) is 4.39 Å². The monoisotopic (exact) mass is 159 g/mol. The van der Waals surface area contributed by atoms with Crippen molar-refractivity contribution in [3.05, 3.63) is 29.3 Å². The van der Waals surface area contributed by atoms with Crippen LogP contribution < -0.4 is 4.74 Å². The van der Waals surface area contributed by atoms with E-state index in [2.05, 4.69) is 10.8 Å². The van der Waals surface area contributed by atoms with E-state index in [0.717, 1.165) is 0 Å². The van der Waals surface area contributed by atoms with Gasteiger partial charge in [-0.3, -0.25) is 0 Å². The highest BCUT2D eigenvalue weighted by Crippen LogP contribution is 2.14. The molecule has 0 saturated carbocycles. The van der Waals surface area contributed by atoms with Crippen LogP contribution in [-0.2, 0) is 0 Å². The normalized spacial score (nSPS) is 9.40. The minimum atomic E-state index is -0.824. The predicted octanol–water partition coefficient (Wildman–Crippen LogP) is 2.45. The topological polar surface area (TPSA) is 9.23 Å². The fraction of sp³-hybridized carbons (Fsp3) is 0.143. The van der Waals surface area contributed by atoms with Crippen molar-refractivity contribution >= 4 is 11.6 Å². The fourth-order valence-electron chi connectivity index (χ4n) is 0.544. The van der Waals surface area contributed by atoms with Crippen molar-refractivity contribution in [3.8, 4) is 5.75 Å². The molecular formula is C7H5ClFO. The molecule has 1 aromatic rings. The molecule has 0 fully saturated rings. The highest BCUT2D eigenvalue weighted by atomic mass is 35.5. The van der Waals surface area contributed by atoms with Crippen molar-refractivity contribution < 1.29 is 9.13 Å². The van der Waals surface area contributed by atoms with Crippen molar-refractivity contribution in [3.63, 3.8) is 0 Å². The van der Waals surface area contributed by atoms with Crippen molar-refractivity contribution in [1.29, 1.82) is 0 Å². The maximum absolute atomic E-state index is 11.5. The van der Waals surface area contributed by atoms with E-state index < -0.39 is 6.86 Å². The van der Waals surface area contributed by atoms with E-state index in [1.165, 1.54) is 6.07 Å². The maximum Gasteiger partial charge on any atom is 0.228 e. The Morgan fingerprint density at radius 1 is 1.60 bits per heavy atom. The van der Waals surface area contributed by atoms with Crippen molar-refractivity contribution in [2.75, 3.05) is 6.86 Å². The third-order valence-corrected chi connectivity index (χ3v) is 1.20. The summed E-state index contributed by atoms with van der Waals surface area (Å²) in [5.41, 5.74) is 0. The van der Waals surface area contributed by atoms with Gasteiger partial charge in [0.1, 0.15) is 5.75 Å². The van der Waals surface area contributed by atoms with Crippen LogP contribution in [0.25, 0.3) is 0 Å². The number of ether oxygens (including phenoxy) is 1. The first-order chi connectivity index (χ1) is 4.83. The Morgan fingerprint density at radius 3 is 2.90 bits per heavy atom. The molecule has 1 radical (unpaired) electrons. The van der Waals surface area contributed by atoms with Gasteiger partial charge in [-0.15, -0.1) is 0 Å². The number of hydrogen-bond acceptors (Lipinski definition) is 1. The molecule has 0 heterocycles. The second kappa shape index (κ2) is 3.42. The molecule has 0 atom stereocenters. The molecule has 0 aliphatic heterocycles. The number of alkyl halides is 1. The highest BCUT2D eigenvalue weighted by Gasteiger charge is 1.90. The number of halogens is 2. The molecule has 0 N–H and O–H groups in total. The van der Waals surface area contributed by atoms with E-state index in [9.17, 15) is 4.39 Å². The van der Waals surface area contributed by atoms with Crippen LogP contribution in [0.15, 0.2) is 18.2 Å². The summed E-state index contributed by atoms with van der Waals surface area (Å²) in [6.07, 6.45) is 0. The standard InChI is InChI=1S/C7H5ClFO/c8-6-1-3-7(4-2-6)10-5-9/h1,3-4H,5H2. The van der Waals surface area contributed by atoms with E-state index in [0.29, 0.717) is 10.8 Å². The Hall–Kier alpha value is -0.760. The molecule has 0 aliphatic rings. The van der Waals surface area contributed by atoms with Gasteiger partial charge in [-0.2, -0.15) is 0 Å². The molecule has 10 heavy (non-hydrogen) atoms. The van der Waals surface area contributed by atoms with Crippen LogP contribution in [0.3, 0.4) is 0 Å². The Bertz CT molecular complexity index is 197. The third-order valence-electron chi connectivity index (χ3n) is 0.967. The van der Waals surface area contributed by atoms with Gasteiger partial charge >= 0.3 is 0 Å². The largest absolute Gasteiger partial charge is 0.463 e. The first kappa shape index (κ1) is 7.35. The zero-order valence-electron chi connectivity index (χ0n) is 5.10. The molecular weight excluding hydrogens is 155 g/mol. The van der Waals surface area contributed by atoms with Crippen LogP contribution in [-0.4, -0.2) is 6.86 Å². The summed E-state index contributed by atoms with van der Waals surface area (Å²) in [6.45, 7) is -0.824. The summed E-state index contributed by atoms with van der Waals surface area (Å²) < 4.78 is 16.0. The molecule has 0 bridgehead atoms. The van der Waals surface area contributed by atoms with E-state index >= 15 is 0 Å². The quantitative estimate of drug-likeness (QED) is 0.644. The lowest BCUT2D eigenvalue weighted by Crippen LogP contribution is -1.88. The summed E-state index contributed by atoms with van der Waals surface area (Å²) in [4.78, 5) is 0. The second-order valence-corrected chi connectivity index (χ2v) is 2.03. The number of benzene rings is 1. The number of hydrogen-bond donors (Lipinski definition) is 0. The molecule has 0 unspecified atom stereocenters. The summed E-state index contributed by atoms with van der Waals surface area (Å²) >= 11 is 5.51. The van der Waals surface area contributed by atoms with Crippen LogP contribution in [0, 0.1) is 6.07 Å². The first-order valence-corrected chi connectivity index (χ1v) is 3.07. The molecule has 3 heteroatoms. The van der Waals surface area contributed by atoms with Gasteiger partial charge in [-0.25, -0.2) is 4.39 Å². The zero-order valence-corrected chi connectivity index (χ0v) is 5.86. The van der Waals surface area contributed by atoms with Crippen LogP contribution in [0.1, 0.15) is 0 Å². The van der Waals surface area contributed by atoms with Gasteiger partial charge in [0.2, 0.25) is 6.86 Å². The molecule has 0 spiro atoms. The Balaban J connectivity index is 2.69. The minimum Gasteiger partial charge on any atom is -0.463 e. The summed E-state index contributed by atoms with van der Waals surface area (Å²) in [7, 11) is 0. The van der Waals surface area contributed by atoms with Crippen LogP contribution >= 0.6 is 11.6 Å². The van der Waals surface area contributed by atoms with Gasteiger partial charge in [0, 0.05) is 11.1 Å².